The Morgan fingerprint density at radius 1 is 1.17 bits per heavy atom. The third-order valence-corrected chi connectivity index (χ3v) is 6.23. The highest BCUT2D eigenvalue weighted by atomic mass is 32.1. The van der Waals surface area contributed by atoms with Gasteiger partial charge in [0.05, 0.1) is 21.2 Å². The number of amides is 2. The Kier molecular flexibility index (Phi) is 6.29. The summed E-state index contributed by atoms with van der Waals surface area (Å²) in [6.07, 6.45) is 0. The smallest absolute Gasteiger partial charge is 0.283 e. The molecule has 8 nitrogen and oxygen atoms in total. The summed E-state index contributed by atoms with van der Waals surface area (Å²) in [5.74, 6) is -0.270. The molecule has 1 aromatic heterocycles. The molecule has 2 amide bonds. The summed E-state index contributed by atoms with van der Waals surface area (Å²) < 4.78 is 0. The van der Waals surface area contributed by atoms with Gasteiger partial charge in [-0.15, -0.1) is 11.3 Å². The first-order valence-corrected chi connectivity index (χ1v) is 10.2. The second-order valence-electron chi connectivity index (χ2n) is 7.17. The van der Waals surface area contributed by atoms with Gasteiger partial charge in [0, 0.05) is 37.9 Å². The molecule has 9 heteroatoms. The van der Waals surface area contributed by atoms with E-state index in [0.29, 0.717) is 35.9 Å². The average molecular weight is 417 g/mol. The summed E-state index contributed by atoms with van der Waals surface area (Å²) in [5, 5.41) is 13.9. The number of piperazine rings is 1. The summed E-state index contributed by atoms with van der Waals surface area (Å²) in [7, 11) is 0. The number of anilines is 1. The van der Waals surface area contributed by atoms with Crippen molar-refractivity contribution in [3.8, 4) is 0 Å². The number of benzene rings is 1. The van der Waals surface area contributed by atoms with Crippen molar-refractivity contribution in [3.63, 3.8) is 0 Å². The van der Waals surface area contributed by atoms with E-state index in [2.05, 4.69) is 5.32 Å². The number of carbonyl (C=O) groups is 2. The van der Waals surface area contributed by atoms with Gasteiger partial charge in [0.25, 0.3) is 11.6 Å². The number of aryl methyl sites for hydroxylation is 2. The minimum Gasteiger partial charge on any atom is -0.335 e. The van der Waals surface area contributed by atoms with Crippen LogP contribution in [0.3, 0.4) is 0 Å². The van der Waals surface area contributed by atoms with E-state index in [4.69, 9.17) is 0 Å². The lowest BCUT2D eigenvalue weighted by Gasteiger charge is -2.34. The number of nitrogens with one attached hydrogen (secondary N) is 1. The summed E-state index contributed by atoms with van der Waals surface area (Å²) in [5.41, 5.74) is 2.98. The van der Waals surface area contributed by atoms with Crippen molar-refractivity contribution in [1.82, 2.24) is 9.80 Å². The van der Waals surface area contributed by atoms with Gasteiger partial charge in [0.1, 0.15) is 0 Å². The van der Waals surface area contributed by atoms with Crippen LogP contribution >= 0.6 is 11.3 Å². The van der Waals surface area contributed by atoms with Crippen molar-refractivity contribution in [2.75, 3.05) is 38.0 Å². The van der Waals surface area contributed by atoms with Crippen molar-refractivity contribution in [1.29, 1.82) is 0 Å². The fourth-order valence-electron chi connectivity index (χ4n) is 3.30. The quantitative estimate of drug-likeness (QED) is 0.597. The fourth-order valence-corrected chi connectivity index (χ4v) is 4.26. The lowest BCUT2D eigenvalue weighted by molar-refractivity contribution is -0.385. The Bertz CT molecular complexity index is 948. The van der Waals surface area contributed by atoms with Crippen LogP contribution in [-0.2, 0) is 4.79 Å². The number of nitrogens with zero attached hydrogens (tertiary/aromatic N) is 3. The Morgan fingerprint density at radius 2 is 1.86 bits per heavy atom. The monoisotopic (exact) mass is 416 g/mol. The summed E-state index contributed by atoms with van der Waals surface area (Å²) in [4.78, 5) is 40.2. The second kappa shape index (κ2) is 8.71. The van der Waals surface area contributed by atoms with E-state index in [0.717, 1.165) is 28.2 Å². The van der Waals surface area contributed by atoms with Crippen molar-refractivity contribution < 1.29 is 14.5 Å². The van der Waals surface area contributed by atoms with Crippen LogP contribution in [0.1, 0.15) is 25.7 Å². The molecule has 0 saturated carbocycles. The standard InChI is InChI=1S/C20H24N4O4S/c1-13-5-4-6-16(14(13)2)21-19(25)12-22-7-9-23(10-8-22)20(26)18-11-17(24(27)28)15(3)29-18/h4-6,11H,7-10,12H2,1-3H3,(H,21,25). The van der Waals surface area contributed by atoms with E-state index < -0.39 is 4.92 Å². The molecule has 1 saturated heterocycles. The molecule has 1 aliphatic heterocycles. The maximum atomic E-state index is 12.6. The zero-order valence-corrected chi connectivity index (χ0v) is 17.5. The molecule has 1 aliphatic rings. The molecule has 3 rings (SSSR count). The highest BCUT2D eigenvalue weighted by molar-refractivity contribution is 7.14. The van der Waals surface area contributed by atoms with Gasteiger partial charge in [-0.2, -0.15) is 0 Å². The van der Waals surface area contributed by atoms with Crippen molar-refractivity contribution in [2.45, 2.75) is 20.8 Å². The summed E-state index contributed by atoms with van der Waals surface area (Å²) in [6, 6.07) is 7.16. The predicted molar refractivity (Wildman–Crippen MR) is 113 cm³/mol. The van der Waals surface area contributed by atoms with Crippen LogP contribution in [-0.4, -0.2) is 59.3 Å². The average Bonchev–Trinajstić information content (AvgIpc) is 3.07. The second-order valence-corrected chi connectivity index (χ2v) is 8.43. The minimum atomic E-state index is -0.463. The number of hydrogen-bond acceptors (Lipinski definition) is 6. The maximum Gasteiger partial charge on any atom is 0.283 e. The molecule has 0 atom stereocenters. The van der Waals surface area contributed by atoms with Gasteiger partial charge in [-0.3, -0.25) is 24.6 Å². The third kappa shape index (κ3) is 4.80. The number of rotatable bonds is 5. The highest BCUT2D eigenvalue weighted by Gasteiger charge is 2.27. The van der Waals surface area contributed by atoms with Crippen LogP contribution in [0.2, 0.25) is 0 Å². The number of carbonyl (C=O) groups excluding carboxylic acids is 2. The van der Waals surface area contributed by atoms with E-state index in [1.807, 2.05) is 36.9 Å². The first-order chi connectivity index (χ1) is 13.8. The molecule has 0 radical (unpaired) electrons. The van der Waals surface area contributed by atoms with Crippen LogP contribution < -0.4 is 5.32 Å². The molecule has 0 spiro atoms. The number of nitro groups is 1. The van der Waals surface area contributed by atoms with Gasteiger partial charge in [0.2, 0.25) is 5.91 Å². The molecule has 1 N–H and O–H groups in total. The number of thiophene rings is 1. The normalized spacial score (nSPS) is 14.7. The van der Waals surface area contributed by atoms with E-state index >= 15 is 0 Å². The maximum absolute atomic E-state index is 12.6. The summed E-state index contributed by atoms with van der Waals surface area (Å²) in [6.45, 7) is 8.03. The lowest BCUT2D eigenvalue weighted by atomic mass is 10.1. The molecule has 2 aromatic rings. The third-order valence-electron chi connectivity index (χ3n) is 5.20. The van der Waals surface area contributed by atoms with Crippen molar-refractivity contribution >= 4 is 34.5 Å². The molecule has 154 valence electrons. The van der Waals surface area contributed by atoms with E-state index in [-0.39, 0.29) is 24.0 Å². The van der Waals surface area contributed by atoms with Crippen LogP contribution in [0.15, 0.2) is 24.3 Å². The first kappa shape index (κ1) is 20.9. The largest absolute Gasteiger partial charge is 0.335 e. The molecule has 0 aliphatic carbocycles. The predicted octanol–water partition coefficient (Wildman–Crippen LogP) is 2.98. The minimum absolute atomic E-state index is 0.0138. The van der Waals surface area contributed by atoms with Gasteiger partial charge in [-0.25, -0.2) is 0 Å². The van der Waals surface area contributed by atoms with E-state index in [1.165, 1.54) is 6.07 Å². The SMILES string of the molecule is Cc1cccc(NC(=O)CN2CCN(C(=O)c3cc([N+](=O)[O-])c(C)s3)CC2)c1C. The van der Waals surface area contributed by atoms with Crippen molar-refractivity contribution in [3.05, 3.63) is 55.3 Å². The van der Waals surface area contributed by atoms with Gasteiger partial charge < -0.3 is 10.2 Å². The molecule has 29 heavy (non-hydrogen) atoms. The lowest BCUT2D eigenvalue weighted by Crippen LogP contribution is -2.50. The van der Waals surface area contributed by atoms with E-state index in [9.17, 15) is 19.7 Å². The van der Waals surface area contributed by atoms with Gasteiger partial charge in [-0.05, 0) is 38.0 Å². The van der Waals surface area contributed by atoms with Crippen molar-refractivity contribution in [2.24, 2.45) is 0 Å². The van der Waals surface area contributed by atoms with Crippen LogP contribution in [0.5, 0.6) is 0 Å². The number of hydrogen-bond donors (Lipinski definition) is 1. The van der Waals surface area contributed by atoms with Gasteiger partial charge >= 0.3 is 0 Å². The molecular weight excluding hydrogens is 392 g/mol. The van der Waals surface area contributed by atoms with Gasteiger partial charge in [0.15, 0.2) is 0 Å². The Morgan fingerprint density at radius 3 is 2.48 bits per heavy atom. The van der Waals surface area contributed by atoms with Gasteiger partial charge in [-0.1, -0.05) is 12.1 Å². The molecule has 2 heterocycles. The fraction of sp³-hybridized carbons (Fsp3) is 0.400. The molecular formula is C20H24N4O4S. The Hall–Kier alpha value is -2.78. The first-order valence-electron chi connectivity index (χ1n) is 9.38. The van der Waals surface area contributed by atoms with Crippen LogP contribution in [0, 0.1) is 30.9 Å². The highest BCUT2D eigenvalue weighted by Crippen LogP contribution is 2.29. The Labute approximate surface area is 173 Å². The summed E-state index contributed by atoms with van der Waals surface area (Å²) >= 11 is 1.15. The van der Waals surface area contributed by atoms with E-state index in [1.54, 1.807) is 11.8 Å². The zero-order chi connectivity index (χ0) is 21.1. The van der Waals surface area contributed by atoms with Crippen LogP contribution in [0.4, 0.5) is 11.4 Å². The zero-order valence-electron chi connectivity index (χ0n) is 16.7. The Balaban J connectivity index is 1.53. The molecule has 1 aromatic carbocycles. The molecule has 0 unspecified atom stereocenters. The topological polar surface area (TPSA) is 95.8 Å². The van der Waals surface area contributed by atoms with Crippen LogP contribution in [0.25, 0.3) is 0 Å². The molecule has 1 fully saturated rings. The molecule has 0 bridgehead atoms.